The zero-order valence-corrected chi connectivity index (χ0v) is 9.81. The predicted molar refractivity (Wildman–Crippen MR) is 61.5 cm³/mol. The van der Waals surface area contributed by atoms with Crippen LogP contribution in [0.5, 0.6) is 0 Å². The Bertz CT molecular complexity index is 337. The molecule has 15 heavy (non-hydrogen) atoms. The van der Waals surface area contributed by atoms with Gasteiger partial charge in [-0.1, -0.05) is 12.8 Å². The van der Waals surface area contributed by atoms with Gasteiger partial charge >= 0.3 is 5.97 Å². The van der Waals surface area contributed by atoms with Crippen LogP contribution in [0.3, 0.4) is 0 Å². The quantitative estimate of drug-likeness (QED) is 0.733. The molecule has 1 aromatic rings. The smallest absolute Gasteiger partial charge is 0.339 e. The molecule has 0 amide bonds. The second-order valence-electron chi connectivity index (χ2n) is 3.94. The molecule has 1 aliphatic carbocycles. The molecule has 2 rings (SSSR count). The van der Waals surface area contributed by atoms with Gasteiger partial charge in [-0.25, -0.2) is 4.79 Å². The van der Waals surface area contributed by atoms with Gasteiger partial charge in [-0.05, 0) is 36.6 Å². The number of thiophene rings is 1. The van der Waals surface area contributed by atoms with Crippen molar-refractivity contribution >= 4 is 17.3 Å². The Morgan fingerprint density at radius 1 is 1.47 bits per heavy atom. The SMILES string of the molecule is CCOC(=O)c1cscc1C1CCCC1. The molecule has 1 aromatic heterocycles. The van der Waals surface area contributed by atoms with Crippen molar-refractivity contribution in [3.8, 4) is 0 Å². The van der Waals surface area contributed by atoms with Gasteiger partial charge in [0.1, 0.15) is 0 Å². The summed E-state index contributed by atoms with van der Waals surface area (Å²) in [5.74, 6) is 0.441. The second-order valence-corrected chi connectivity index (χ2v) is 4.69. The van der Waals surface area contributed by atoms with Crippen molar-refractivity contribution in [2.24, 2.45) is 0 Å². The number of rotatable bonds is 3. The summed E-state index contributed by atoms with van der Waals surface area (Å²) in [7, 11) is 0. The zero-order valence-electron chi connectivity index (χ0n) is 8.99. The number of hydrogen-bond donors (Lipinski definition) is 0. The number of carbonyl (C=O) groups excluding carboxylic acids is 1. The summed E-state index contributed by atoms with van der Waals surface area (Å²) in [6.07, 6.45) is 5.04. The molecular weight excluding hydrogens is 208 g/mol. The molecule has 2 nitrogen and oxygen atoms in total. The van der Waals surface area contributed by atoms with E-state index in [0.29, 0.717) is 12.5 Å². The molecule has 0 radical (unpaired) electrons. The fourth-order valence-corrected chi connectivity index (χ4v) is 3.14. The van der Waals surface area contributed by atoms with Crippen molar-refractivity contribution < 1.29 is 9.53 Å². The standard InChI is InChI=1S/C12H16O2S/c1-2-14-12(13)11-8-15-7-10(11)9-5-3-4-6-9/h7-9H,2-6H2,1H3. The van der Waals surface area contributed by atoms with E-state index in [2.05, 4.69) is 5.38 Å². The van der Waals surface area contributed by atoms with Crippen LogP contribution in [0.1, 0.15) is 54.4 Å². The number of carbonyl (C=O) groups is 1. The summed E-state index contributed by atoms with van der Waals surface area (Å²) in [5, 5.41) is 4.04. The molecular formula is C12H16O2S. The zero-order chi connectivity index (χ0) is 10.7. The Hall–Kier alpha value is -0.830. The normalized spacial score (nSPS) is 16.9. The van der Waals surface area contributed by atoms with E-state index in [1.165, 1.54) is 31.2 Å². The fraction of sp³-hybridized carbons (Fsp3) is 0.583. The summed E-state index contributed by atoms with van der Waals surface area (Å²) < 4.78 is 5.05. The molecule has 3 heteroatoms. The maximum atomic E-state index is 11.7. The lowest BCUT2D eigenvalue weighted by Crippen LogP contribution is -2.07. The third-order valence-electron chi connectivity index (χ3n) is 2.98. The first-order valence-electron chi connectivity index (χ1n) is 5.56. The first kappa shape index (κ1) is 10.7. The molecule has 1 heterocycles. The Balaban J connectivity index is 2.17. The molecule has 82 valence electrons. The highest BCUT2D eigenvalue weighted by molar-refractivity contribution is 7.08. The minimum atomic E-state index is -0.152. The molecule has 0 atom stereocenters. The van der Waals surface area contributed by atoms with E-state index >= 15 is 0 Å². The van der Waals surface area contributed by atoms with E-state index in [0.717, 1.165) is 5.56 Å². The van der Waals surface area contributed by atoms with Gasteiger partial charge in [-0.3, -0.25) is 0 Å². The average Bonchev–Trinajstić information content (AvgIpc) is 2.88. The van der Waals surface area contributed by atoms with Crippen LogP contribution in [-0.4, -0.2) is 12.6 Å². The third kappa shape index (κ3) is 2.23. The number of ether oxygens (including phenoxy) is 1. The van der Waals surface area contributed by atoms with Gasteiger partial charge < -0.3 is 4.74 Å². The van der Waals surface area contributed by atoms with Gasteiger partial charge in [0, 0.05) is 5.38 Å². The molecule has 0 N–H and O–H groups in total. The largest absolute Gasteiger partial charge is 0.462 e. The van der Waals surface area contributed by atoms with Gasteiger partial charge in [0.2, 0.25) is 0 Å². The van der Waals surface area contributed by atoms with Crippen LogP contribution >= 0.6 is 11.3 Å². The molecule has 0 bridgehead atoms. The molecule has 1 saturated carbocycles. The van der Waals surface area contributed by atoms with Gasteiger partial charge in [0.25, 0.3) is 0 Å². The number of hydrogen-bond acceptors (Lipinski definition) is 3. The lowest BCUT2D eigenvalue weighted by Gasteiger charge is -2.09. The molecule has 0 aliphatic heterocycles. The monoisotopic (exact) mass is 224 g/mol. The van der Waals surface area contributed by atoms with Gasteiger partial charge in [-0.2, -0.15) is 11.3 Å². The van der Waals surface area contributed by atoms with E-state index < -0.39 is 0 Å². The summed E-state index contributed by atoms with van der Waals surface area (Å²) >= 11 is 1.61. The third-order valence-corrected chi connectivity index (χ3v) is 3.74. The lowest BCUT2D eigenvalue weighted by atomic mass is 9.97. The first-order chi connectivity index (χ1) is 7.33. The van der Waals surface area contributed by atoms with Crippen LogP contribution in [0.2, 0.25) is 0 Å². The van der Waals surface area contributed by atoms with Crippen molar-refractivity contribution in [3.05, 3.63) is 21.9 Å². The number of esters is 1. The summed E-state index contributed by atoms with van der Waals surface area (Å²) in [6, 6.07) is 0. The van der Waals surface area contributed by atoms with Crippen LogP contribution < -0.4 is 0 Å². The van der Waals surface area contributed by atoms with Crippen LogP contribution in [-0.2, 0) is 4.74 Å². The molecule has 0 unspecified atom stereocenters. The Morgan fingerprint density at radius 3 is 2.87 bits per heavy atom. The fourth-order valence-electron chi connectivity index (χ4n) is 2.23. The topological polar surface area (TPSA) is 26.3 Å². The molecule has 0 aromatic carbocycles. The Labute approximate surface area is 94.3 Å². The molecule has 0 saturated heterocycles. The van der Waals surface area contributed by atoms with Crippen LogP contribution in [0.4, 0.5) is 0 Å². The average molecular weight is 224 g/mol. The minimum absolute atomic E-state index is 0.152. The highest BCUT2D eigenvalue weighted by atomic mass is 32.1. The van der Waals surface area contributed by atoms with E-state index in [4.69, 9.17) is 4.74 Å². The summed E-state index contributed by atoms with van der Waals surface area (Å²) in [6.45, 7) is 2.30. The van der Waals surface area contributed by atoms with Gasteiger partial charge in [0.05, 0.1) is 12.2 Å². The van der Waals surface area contributed by atoms with E-state index in [9.17, 15) is 4.79 Å². The maximum Gasteiger partial charge on any atom is 0.339 e. The second kappa shape index (κ2) is 4.79. The summed E-state index contributed by atoms with van der Waals surface area (Å²) in [4.78, 5) is 11.7. The molecule has 1 aliphatic rings. The van der Waals surface area contributed by atoms with Crippen molar-refractivity contribution in [1.82, 2.24) is 0 Å². The van der Waals surface area contributed by atoms with Gasteiger partial charge in [0.15, 0.2) is 0 Å². The predicted octanol–water partition coefficient (Wildman–Crippen LogP) is 3.58. The first-order valence-corrected chi connectivity index (χ1v) is 6.50. The van der Waals surface area contributed by atoms with Crippen LogP contribution in [0, 0.1) is 0 Å². The molecule has 0 spiro atoms. The van der Waals surface area contributed by atoms with Gasteiger partial charge in [-0.15, -0.1) is 0 Å². The van der Waals surface area contributed by atoms with Crippen molar-refractivity contribution in [2.45, 2.75) is 38.5 Å². The van der Waals surface area contributed by atoms with Crippen LogP contribution in [0.15, 0.2) is 10.8 Å². The lowest BCUT2D eigenvalue weighted by molar-refractivity contribution is 0.0525. The van der Waals surface area contributed by atoms with Crippen LogP contribution in [0.25, 0.3) is 0 Å². The molecule has 1 fully saturated rings. The van der Waals surface area contributed by atoms with E-state index in [1.807, 2.05) is 12.3 Å². The Kier molecular flexibility index (Phi) is 3.41. The highest BCUT2D eigenvalue weighted by Crippen LogP contribution is 2.37. The van der Waals surface area contributed by atoms with E-state index in [-0.39, 0.29) is 5.97 Å². The summed E-state index contributed by atoms with van der Waals surface area (Å²) in [5.41, 5.74) is 2.02. The maximum absolute atomic E-state index is 11.7. The Morgan fingerprint density at radius 2 is 2.20 bits per heavy atom. The van der Waals surface area contributed by atoms with E-state index in [1.54, 1.807) is 11.3 Å². The van der Waals surface area contributed by atoms with Crippen molar-refractivity contribution in [1.29, 1.82) is 0 Å². The van der Waals surface area contributed by atoms with Crippen molar-refractivity contribution in [3.63, 3.8) is 0 Å². The minimum Gasteiger partial charge on any atom is -0.462 e. The van der Waals surface area contributed by atoms with Crippen molar-refractivity contribution in [2.75, 3.05) is 6.61 Å². The highest BCUT2D eigenvalue weighted by Gasteiger charge is 2.23.